The Hall–Kier alpha value is -2.21. The minimum absolute atomic E-state index is 0.0757. The van der Waals surface area contributed by atoms with Crippen molar-refractivity contribution in [3.63, 3.8) is 0 Å². The maximum Gasteiger partial charge on any atom is 0.261 e. The number of anilines is 1. The van der Waals surface area contributed by atoms with Gasteiger partial charge in [0, 0.05) is 32.0 Å². The summed E-state index contributed by atoms with van der Waals surface area (Å²) in [5.41, 5.74) is 4.01. The molecule has 0 saturated heterocycles. The Balaban J connectivity index is 1.60. The quantitative estimate of drug-likeness (QED) is 0.860. The van der Waals surface area contributed by atoms with E-state index in [-0.39, 0.29) is 5.91 Å². The highest BCUT2D eigenvalue weighted by Crippen LogP contribution is 2.30. The molecule has 2 aliphatic rings. The highest BCUT2D eigenvalue weighted by Gasteiger charge is 2.31. The van der Waals surface area contributed by atoms with Gasteiger partial charge >= 0.3 is 0 Å². The zero-order valence-corrected chi connectivity index (χ0v) is 14.3. The summed E-state index contributed by atoms with van der Waals surface area (Å²) in [7, 11) is 4.21. The van der Waals surface area contributed by atoms with Crippen molar-refractivity contribution in [3.05, 3.63) is 41.5 Å². The summed E-state index contributed by atoms with van der Waals surface area (Å²) in [4.78, 5) is 21.4. The molecular formula is C18H23N5O. The fourth-order valence-corrected chi connectivity index (χ4v) is 3.93. The van der Waals surface area contributed by atoms with Crippen molar-refractivity contribution in [1.29, 1.82) is 0 Å². The number of nitrogens with zero attached hydrogens (tertiary/aromatic N) is 5. The number of aromatic nitrogens is 3. The lowest BCUT2D eigenvalue weighted by Gasteiger charge is -2.27. The van der Waals surface area contributed by atoms with Gasteiger partial charge in [-0.2, -0.15) is 5.10 Å². The third-order valence-electron chi connectivity index (χ3n) is 5.05. The van der Waals surface area contributed by atoms with E-state index >= 15 is 0 Å². The minimum Gasteiger partial charge on any atom is -0.309 e. The van der Waals surface area contributed by atoms with Gasteiger partial charge in [-0.15, -0.1) is 0 Å². The average Bonchev–Trinajstić information content (AvgIpc) is 3.17. The van der Waals surface area contributed by atoms with E-state index in [0.717, 1.165) is 61.4 Å². The van der Waals surface area contributed by atoms with Crippen LogP contribution in [0.1, 0.15) is 28.0 Å². The summed E-state index contributed by atoms with van der Waals surface area (Å²) in [6.45, 7) is 2.68. The van der Waals surface area contributed by atoms with E-state index in [1.807, 2.05) is 21.8 Å². The van der Waals surface area contributed by atoms with Crippen molar-refractivity contribution in [1.82, 2.24) is 19.7 Å². The summed E-state index contributed by atoms with van der Waals surface area (Å²) in [5.74, 6) is 0.664. The van der Waals surface area contributed by atoms with Gasteiger partial charge in [0.1, 0.15) is 0 Å². The molecule has 126 valence electrons. The monoisotopic (exact) mass is 325 g/mol. The van der Waals surface area contributed by atoms with Crippen molar-refractivity contribution in [2.45, 2.75) is 25.8 Å². The fourth-order valence-electron chi connectivity index (χ4n) is 3.93. The van der Waals surface area contributed by atoms with Gasteiger partial charge < -0.3 is 9.80 Å². The molecule has 2 aromatic rings. The lowest BCUT2D eigenvalue weighted by atomic mass is 9.93. The number of hydrogen-bond donors (Lipinski definition) is 0. The molecule has 4 heterocycles. The molecule has 1 amide bonds. The number of amides is 1. The van der Waals surface area contributed by atoms with Gasteiger partial charge in [-0.05, 0) is 50.9 Å². The summed E-state index contributed by atoms with van der Waals surface area (Å²) in [6.07, 6.45) is 8.31. The molecule has 0 bridgehead atoms. The normalized spacial score (nSPS) is 19.5. The lowest BCUT2D eigenvalue weighted by Crippen LogP contribution is -2.32. The summed E-state index contributed by atoms with van der Waals surface area (Å²) < 4.78 is 2.02. The molecule has 6 heteroatoms. The fraction of sp³-hybridized carbons (Fsp3) is 0.500. The Morgan fingerprint density at radius 3 is 3.04 bits per heavy atom. The SMILES string of the molecule is CN(C)CC1CCn2ncc(C(=O)N3CCc4cnccc43)c2C1. The maximum absolute atomic E-state index is 13.1. The summed E-state index contributed by atoms with van der Waals surface area (Å²) in [6, 6.07) is 1.94. The van der Waals surface area contributed by atoms with Crippen molar-refractivity contribution >= 4 is 11.6 Å². The largest absolute Gasteiger partial charge is 0.309 e. The molecule has 2 aromatic heterocycles. The number of pyridine rings is 1. The zero-order valence-electron chi connectivity index (χ0n) is 14.3. The van der Waals surface area contributed by atoms with E-state index < -0.39 is 0 Å². The number of hydrogen-bond acceptors (Lipinski definition) is 4. The number of carbonyl (C=O) groups is 1. The Bertz CT molecular complexity index is 767. The first-order valence-electron chi connectivity index (χ1n) is 8.57. The predicted molar refractivity (Wildman–Crippen MR) is 92.2 cm³/mol. The van der Waals surface area contributed by atoms with E-state index in [2.05, 4.69) is 29.1 Å². The first-order valence-corrected chi connectivity index (χ1v) is 8.57. The van der Waals surface area contributed by atoms with Gasteiger partial charge in [0.2, 0.25) is 0 Å². The van der Waals surface area contributed by atoms with E-state index in [4.69, 9.17) is 0 Å². The van der Waals surface area contributed by atoms with E-state index in [0.29, 0.717) is 5.92 Å². The molecule has 0 N–H and O–H groups in total. The highest BCUT2D eigenvalue weighted by atomic mass is 16.2. The Kier molecular flexibility index (Phi) is 3.84. The molecule has 0 aliphatic carbocycles. The molecule has 6 nitrogen and oxygen atoms in total. The lowest BCUT2D eigenvalue weighted by molar-refractivity contribution is 0.0987. The topological polar surface area (TPSA) is 54.3 Å². The molecule has 0 spiro atoms. The van der Waals surface area contributed by atoms with E-state index in [1.54, 1.807) is 12.4 Å². The summed E-state index contributed by atoms with van der Waals surface area (Å²) in [5, 5.41) is 4.46. The van der Waals surface area contributed by atoms with E-state index in [1.165, 1.54) is 0 Å². The van der Waals surface area contributed by atoms with Crippen LogP contribution in [-0.4, -0.2) is 52.8 Å². The number of aryl methyl sites for hydroxylation is 1. The number of fused-ring (bicyclic) bond motifs is 2. The van der Waals surface area contributed by atoms with Crippen LogP contribution in [0.4, 0.5) is 5.69 Å². The van der Waals surface area contributed by atoms with Crippen molar-refractivity contribution in [2.24, 2.45) is 5.92 Å². The van der Waals surface area contributed by atoms with Crippen LogP contribution < -0.4 is 4.90 Å². The molecule has 0 fully saturated rings. The molecule has 0 saturated carbocycles. The van der Waals surface area contributed by atoms with Crippen LogP contribution >= 0.6 is 0 Å². The van der Waals surface area contributed by atoms with Crippen molar-refractivity contribution < 1.29 is 4.79 Å². The van der Waals surface area contributed by atoms with Gasteiger partial charge in [0.05, 0.1) is 23.1 Å². The Labute approximate surface area is 142 Å². The maximum atomic E-state index is 13.1. The van der Waals surface area contributed by atoms with Crippen LogP contribution in [0.15, 0.2) is 24.7 Å². The Morgan fingerprint density at radius 2 is 2.21 bits per heavy atom. The van der Waals surface area contributed by atoms with Gasteiger partial charge in [-0.1, -0.05) is 0 Å². The Morgan fingerprint density at radius 1 is 1.33 bits per heavy atom. The first kappa shape index (κ1) is 15.3. The molecule has 0 aromatic carbocycles. The highest BCUT2D eigenvalue weighted by molar-refractivity contribution is 6.07. The van der Waals surface area contributed by atoms with Gasteiger partial charge in [-0.25, -0.2) is 0 Å². The second-order valence-corrected chi connectivity index (χ2v) is 7.06. The van der Waals surface area contributed by atoms with E-state index in [9.17, 15) is 4.79 Å². The molecule has 1 unspecified atom stereocenters. The van der Waals surface area contributed by atoms with Crippen molar-refractivity contribution in [3.8, 4) is 0 Å². The molecule has 0 radical (unpaired) electrons. The second-order valence-electron chi connectivity index (χ2n) is 7.06. The van der Waals surface area contributed by atoms with Crippen LogP contribution in [0.25, 0.3) is 0 Å². The smallest absolute Gasteiger partial charge is 0.261 e. The molecule has 1 atom stereocenters. The van der Waals surface area contributed by atoms with Gasteiger partial charge in [-0.3, -0.25) is 14.5 Å². The molecule has 24 heavy (non-hydrogen) atoms. The van der Waals surface area contributed by atoms with Crippen LogP contribution in [-0.2, 0) is 19.4 Å². The van der Waals surface area contributed by atoms with Gasteiger partial charge in [0.25, 0.3) is 5.91 Å². The number of carbonyl (C=O) groups excluding carboxylic acids is 1. The van der Waals surface area contributed by atoms with Crippen LogP contribution in [0.2, 0.25) is 0 Å². The summed E-state index contributed by atoms with van der Waals surface area (Å²) >= 11 is 0. The second kappa shape index (κ2) is 6.02. The minimum atomic E-state index is 0.0757. The van der Waals surface area contributed by atoms with Gasteiger partial charge in [0.15, 0.2) is 0 Å². The molecular weight excluding hydrogens is 302 g/mol. The zero-order chi connectivity index (χ0) is 16.7. The standard InChI is InChI=1S/C18H23N5O/c1-21(2)12-13-4-8-23-17(9-13)15(11-20-23)18(24)22-7-5-14-10-19-6-3-16(14)22/h3,6,10-11,13H,4-5,7-9,12H2,1-2H3. The third-order valence-corrected chi connectivity index (χ3v) is 5.05. The first-order chi connectivity index (χ1) is 11.6. The molecule has 2 aliphatic heterocycles. The van der Waals surface area contributed by atoms with Crippen molar-refractivity contribution in [2.75, 3.05) is 32.1 Å². The molecule has 4 rings (SSSR count). The third kappa shape index (κ3) is 2.60. The van der Waals surface area contributed by atoms with Crippen LogP contribution in [0, 0.1) is 5.92 Å². The van der Waals surface area contributed by atoms with Crippen LogP contribution in [0.5, 0.6) is 0 Å². The average molecular weight is 325 g/mol. The number of rotatable bonds is 3. The predicted octanol–water partition coefficient (Wildman–Crippen LogP) is 1.60. The van der Waals surface area contributed by atoms with Crippen LogP contribution in [0.3, 0.4) is 0 Å².